The highest BCUT2D eigenvalue weighted by atomic mass is 15.0. The molecule has 5 aromatic carbocycles. The van der Waals surface area contributed by atoms with E-state index in [1.165, 1.54) is 82.5 Å². The summed E-state index contributed by atoms with van der Waals surface area (Å²) in [6, 6.07) is 33.5. The SMILES string of the molecule is C=Cc1c(/C=C/n2c3c(c4ccccc42)C=CCC3)n(C)c2c3[nH]c4cc(-n5c6c(c7ccccc75)C=CCC6)ccc4c3c3ccccc3c12. The molecule has 4 heterocycles. The van der Waals surface area contributed by atoms with E-state index in [1.54, 1.807) is 0 Å². The van der Waals surface area contributed by atoms with Crippen molar-refractivity contribution in [3.05, 3.63) is 143 Å². The number of hydrogen-bond acceptors (Lipinski definition) is 0. The van der Waals surface area contributed by atoms with Gasteiger partial charge in [0, 0.05) is 79.5 Å². The van der Waals surface area contributed by atoms with Crippen LogP contribution < -0.4 is 0 Å². The number of aryl methyl sites for hydroxylation is 1. The number of hydrogen-bond donors (Lipinski definition) is 1. The molecule has 0 saturated carbocycles. The Balaban J connectivity index is 1.17. The van der Waals surface area contributed by atoms with Gasteiger partial charge in [0.15, 0.2) is 0 Å². The lowest BCUT2D eigenvalue weighted by atomic mass is 9.97. The molecular weight excluding hydrogens is 621 g/mol. The quantitative estimate of drug-likeness (QED) is 0.195. The Kier molecular flexibility index (Phi) is 5.95. The van der Waals surface area contributed by atoms with E-state index in [0.717, 1.165) is 48.0 Å². The van der Waals surface area contributed by atoms with Gasteiger partial charge < -0.3 is 18.7 Å². The first kappa shape index (κ1) is 28.6. The van der Waals surface area contributed by atoms with E-state index in [1.807, 2.05) is 6.08 Å². The van der Waals surface area contributed by atoms with Crippen molar-refractivity contribution in [2.75, 3.05) is 0 Å². The van der Waals surface area contributed by atoms with Gasteiger partial charge in [-0.05, 0) is 66.8 Å². The van der Waals surface area contributed by atoms with Gasteiger partial charge in [-0.2, -0.15) is 0 Å². The molecule has 4 aromatic heterocycles. The monoisotopic (exact) mass is 656 g/mol. The van der Waals surface area contributed by atoms with Crippen LogP contribution in [0.15, 0.2) is 110 Å². The molecular formula is C47H36N4. The molecule has 0 saturated heterocycles. The normalized spacial score (nSPS) is 14.3. The Labute approximate surface area is 295 Å². The van der Waals surface area contributed by atoms with Crippen LogP contribution in [0.4, 0.5) is 0 Å². The second-order valence-electron chi connectivity index (χ2n) is 14.1. The first-order valence-electron chi connectivity index (χ1n) is 18.1. The molecule has 0 unspecified atom stereocenters. The second kappa shape index (κ2) is 10.6. The lowest BCUT2D eigenvalue weighted by molar-refractivity contribution is 0.889. The van der Waals surface area contributed by atoms with Crippen LogP contribution in [-0.2, 0) is 19.9 Å². The van der Waals surface area contributed by atoms with Crippen LogP contribution in [0.3, 0.4) is 0 Å². The van der Waals surface area contributed by atoms with Crippen molar-refractivity contribution < 1.29 is 0 Å². The minimum absolute atomic E-state index is 1.04. The number of nitrogens with one attached hydrogen (secondary N) is 1. The van der Waals surface area contributed by atoms with E-state index in [4.69, 9.17) is 0 Å². The smallest absolute Gasteiger partial charge is 0.0740 e. The van der Waals surface area contributed by atoms with Crippen molar-refractivity contribution in [1.29, 1.82) is 0 Å². The number of allylic oxidation sites excluding steroid dienone is 2. The third kappa shape index (κ3) is 3.85. The van der Waals surface area contributed by atoms with Gasteiger partial charge in [0.25, 0.3) is 0 Å². The van der Waals surface area contributed by atoms with Crippen molar-refractivity contribution in [2.45, 2.75) is 25.7 Å². The van der Waals surface area contributed by atoms with E-state index >= 15 is 0 Å². The minimum atomic E-state index is 1.04. The topological polar surface area (TPSA) is 30.6 Å². The predicted octanol–water partition coefficient (Wildman–Crippen LogP) is 12.1. The highest BCUT2D eigenvalue weighted by Gasteiger charge is 2.23. The van der Waals surface area contributed by atoms with Crippen LogP contribution in [-0.4, -0.2) is 18.7 Å². The van der Waals surface area contributed by atoms with Crippen LogP contribution in [0.2, 0.25) is 0 Å². The van der Waals surface area contributed by atoms with E-state index < -0.39 is 0 Å². The molecule has 0 bridgehead atoms. The van der Waals surface area contributed by atoms with Crippen LogP contribution in [0.1, 0.15) is 46.6 Å². The number of aromatic nitrogens is 4. The molecule has 0 atom stereocenters. The van der Waals surface area contributed by atoms with E-state index in [2.05, 4.69) is 160 Å². The molecule has 0 aliphatic heterocycles. The fraction of sp³-hybridized carbons (Fsp3) is 0.106. The Bertz CT molecular complexity index is 3050. The zero-order valence-electron chi connectivity index (χ0n) is 28.6. The lowest BCUT2D eigenvalue weighted by Gasteiger charge is -2.13. The van der Waals surface area contributed by atoms with Gasteiger partial charge >= 0.3 is 0 Å². The summed E-state index contributed by atoms with van der Waals surface area (Å²) in [5.74, 6) is 0. The standard InChI is InChI=1S/C47H36N4/c1-3-30-39(26-27-50-40-20-10-6-14-31(40)32-15-7-11-21-41(32)50)49(2)47-45(30)36-19-5-4-18-35(36)44-37-25-24-29(28-38(37)48-46(44)47)51-42-22-12-8-16-33(42)34-17-9-13-23-43(34)51/h3-10,12,14-20,22,24-28,48H,1,11,13,21,23H2,2H3/b27-26+. The van der Waals surface area contributed by atoms with E-state index in [-0.39, 0.29) is 0 Å². The maximum atomic E-state index is 4.37. The highest BCUT2D eigenvalue weighted by molar-refractivity contribution is 6.32. The van der Waals surface area contributed by atoms with Crippen LogP contribution in [0.25, 0.3) is 101 Å². The van der Waals surface area contributed by atoms with E-state index in [9.17, 15) is 0 Å². The maximum absolute atomic E-state index is 4.37. The van der Waals surface area contributed by atoms with Gasteiger partial charge in [0.2, 0.25) is 0 Å². The Morgan fingerprint density at radius 3 is 2.10 bits per heavy atom. The van der Waals surface area contributed by atoms with Crippen molar-refractivity contribution in [1.82, 2.24) is 18.7 Å². The molecule has 2 aliphatic rings. The number of para-hydroxylation sites is 2. The second-order valence-corrected chi connectivity index (χ2v) is 14.1. The van der Waals surface area contributed by atoms with Gasteiger partial charge in [-0.3, -0.25) is 0 Å². The molecule has 2 aliphatic carbocycles. The average Bonchev–Trinajstić information content (AvgIpc) is 3.90. The van der Waals surface area contributed by atoms with Gasteiger partial charge in [-0.15, -0.1) is 0 Å². The zero-order valence-corrected chi connectivity index (χ0v) is 28.6. The predicted molar refractivity (Wildman–Crippen MR) is 219 cm³/mol. The minimum Gasteiger partial charge on any atom is -0.353 e. The summed E-state index contributed by atoms with van der Waals surface area (Å²) in [6.07, 6.45) is 20.0. The number of H-pyrrole nitrogens is 1. The first-order valence-corrected chi connectivity index (χ1v) is 18.1. The molecule has 51 heavy (non-hydrogen) atoms. The molecule has 0 fully saturated rings. The van der Waals surface area contributed by atoms with Crippen LogP contribution in [0.5, 0.6) is 0 Å². The summed E-state index contributed by atoms with van der Waals surface area (Å²) < 4.78 is 7.25. The molecule has 9 aromatic rings. The van der Waals surface area contributed by atoms with Crippen molar-refractivity contribution in [3.8, 4) is 5.69 Å². The Hall–Kier alpha value is -6.26. The summed E-state index contributed by atoms with van der Waals surface area (Å²) in [6.45, 7) is 4.37. The summed E-state index contributed by atoms with van der Waals surface area (Å²) in [5.41, 5.74) is 15.0. The van der Waals surface area contributed by atoms with E-state index in [0.29, 0.717) is 0 Å². The van der Waals surface area contributed by atoms with Gasteiger partial charge in [0.1, 0.15) is 0 Å². The summed E-state index contributed by atoms with van der Waals surface area (Å²) in [5, 5.41) is 8.89. The molecule has 244 valence electrons. The molecule has 11 rings (SSSR count). The molecule has 1 N–H and O–H groups in total. The largest absolute Gasteiger partial charge is 0.353 e. The van der Waals surface area contributed by atoms with Crippen LogP contribution >= 0.6 is 0 Å². The summed E-state index contributed by atoms with van der Waals surface area (Å²) in [7, 11) is 2.21. The maximum Gasteiger partial charge on any atom is 0.0740 e. The molecule has 0 spiro atoms. The average molecular weight is 657 g/mol. The first-order chi connectivity index (χ1) is 25.2. The third-order valence-corrected chi connectivity index (χ3v) is 11.5. The van der Waals surface area contributed by atoms with Gasteiger partial charge in [-0.25, -0.2) is 0 Å². The van der Waals surface area contributed by atoms with Crippen molar-refractivity contribution >= 4 is 95.8 Å². The van der Waals surface area contributed by atoms with Crippen molar-refractivity contribution in [2.24, 2.45) is 7.05 Å². The fourth-order valence-electron chi connectivity index (χ4n) is 9.39. The van der Waals surface area contributed by atoms with Gasteiger partial charge in [0.05, 0.1) is 27.8 Å². The molecule has 4 nitrogen and oxygen atoms in total. The Morgan fingerprint density at radius 1 is 0.686 bits per heavy atom. The zero-order chi connectivity index (χ0) is 33.8. The number of fused-ring (bicyclic) bond motifs is 14. The number of rotatable bonds is 4. The lowest BCUT2D eigenvalue weighted by Crippen LogP contribution is -2.02. The molecule has 4 heteroatoms. The number of aromatic amines is 1. The number of benzene rings is 5. The van der Waals surface area contributed by atoms with Gasteiger partial charge in [-0.1, -0.05) is 104 Å². The fourth-order valence-corrected chi connectivity index (χ4v) is 9.39. The third-order valence-electron chi connectivity index (χ3n) is 11.5. The highest BCUT2D eigenvalue weighted by Crippen LogP contribution is 2.44. The Morgan fingerprint density at radius 2 is 1.33 bits per heavy atom. The summed E-state index contributed by atoms with van der Waals surface area (Å²) in [4.78, 5) is 3.96. The number of nitrogens with zero attached hydrogens (tertiary/aromatic N) is 3. The molecule has 0 amide bonds. The van der Waals surface area contributed by atoms with Crippen molar-refractivity contribution in [3.63, 3.8) is 0 Å². The molecule has 0 radical (unpaired) electrons. The summed E-state index contributed by atoms with van der Waals surface area (Å²) >= 11 is 0. The van der Waals surface area contributed by atoms with Crippen LogP contribution in [0, 0.1) is 0 Å².